The van der Waals surface area contributed by atoms with Gasteiger partial charge in [-0.2, -0.15) is 0 Å². The summed E-state index contributed by atoms with van der Waals surface area (Å²) in [5.74, 6) is 0.951. The fourth-order valence-electron chi connectivity index (χ4n) is 2.30. The van der Waals surface area contributed by atoms with Crippen molar-refractivity contribution in [3.8, 4) is 0 Å². The average Bonchev–Trinajstić information content (AvgIpc) is 3.40. The number of hydrogen-bond donors (Lipinski definition) is 0. The molecule has 23 heavy (non-hydrogen) atoms. The van der Waals surface area contributed by atoms with Crippen molar-refractivity contribution in [3.05, 3.63) is 46.6 Å². The monoisotopic (exact) mass is 332 g/mol. The van der Waals surface area contributed by atoms with Crippen LogP contribution in [0.15, 0.2) is 24.5 Å². The Kier molecular flexibility index (Phi) is 4.43. The molecule has 0 N–H and O–H groups in total. The Bertz CT molecular complexity index is 720. The van der Waals surface area contributed by atoms with Crippen molar-refractivity contribution in [2.45, 2.75) is 25.3 Å². The molecule has 6 nitrogen and oxygen atoms in total. The van der Waals surface area contributed by atoms with E-state index in [4.69, 9.17) is 16.3 Å². The molecule has 0 aromatic carbocycles. The van der Waals surface area contributed by atoms with Gasteiger partial charge in [0, 0.05) is 31.9 Å². The first-order chi connectivity index (χ1) is 11.1. The molecule has 0 bridgehead atoms. The molecule has 2 heterocycles. The number of methoxy groups -OCH3 is 1. The molecule has 1 aliphatic rings. The number of nitrogens with zero attached hydrogens (tertiary/aromatic N) is 4. The van der Waals surface area contributed by atoms with Crippen molar-refractivity contribution in [1.29, 1.82) is 0 Å². The van der Waals surface area contributed by atoms with E-state index in [1.807, 2.05) is 24.1 Å². The van der Waals surface area contributed by atoms with Gasteiger partial charge in [-0.25, -0.2) is 14.8 Å². The van der Waals surface area contributed by atoms with Crippen molar-refractivity contribution in [2.75, 3.05) is 19.1 Å². The summed E-state index contributed by atoms with van der Waals surface area (Å²) in [6, 6.07) is 3.85. The molecule has 2 aromatic heterocycles. The zero-order valence-corrected chi connectivity index (χ0v) is 13.7. The lowest BCUT2D eigenvalue weighted by Gasteiger charge is -2.21. The Labute approximate surface area is 139 Å². The number of rotatable bonds is 5. The van der Waals surface area contributed by atoms with Crippen LogP contribution in [0.3, 0.4) is 0 Å². The third-order valence-electron chi connectivity index (χ3n) is 3.68. The highest BCUT2D eigenvalue weighted by atomic mass is 35.5. The van der Waals surface area contributed by atoms with Crippen LogP contribution in [-0.4, -0.2) is 35.1 Å². The number of carbonyl (C=O) groups is 1. The maximum atomic E-state index is 11.9. The zero-order chi connectivity index (χ0) is 16.4. The second-order valence-electron chi connectivity index (χ2n) is 5.55. The topological polar surface area (TPSA) is 68.2 Å². The van der Waals surface area contributed by atoms with Crippen molar-refractivity contribution in [3.63, 3.8) is 0 Å². The zero-order valence-electron chi connectivity index (χ0n) is 13.0. The smallest absolute Gasteiger partial charge is 0.358 e. The Balaban J connectivity index is 1.96. The normalized spacial score (nSPS) is 13.7. The molecule has 1 fully saturated rings. The molecule has 1 saturated carbocycles. The van der Waals surface area contributed by atoms with Gasteiger partial charge in [-0.15, -0.1) is 0 Å². The summed E-state index contributed by atoms with van der Waals surface area (Å²) in [5, 5.41) is 0.215. The fourth-order valence-corrected chi connectivity index (χ4v) is 2.61. The highest BCUT2D eigenvalue weighted by molar-refractivity contribution is 6.35. The Morgan fingerprint density at radius 1 is 1.43 bits per heavy atom. The first-order valence-corrected chi connectivity index (χ1v) is 7.73. The highest BCUT2D eigenvalue weighted by Crippen LogP contribution is 2.40. The summed E-state index contributed by atoms with van der Waals surface area (Å²) < 4.78 is 4.78. The lowest BCUT2D eigenvalue weighted by atomic mass is 10.2. The molecule has 3 rings (SSSR count). The third-order valence-corrected chi connectivity index (χ3v) is 4.02. The summed E-state index contributed by atoms with van der Waals surface area (Å²) in [4.78, 5) is 26.8. The Hall–Kier alpha value is -2.21. The van der Waals surface area contributed by atoms with Crippen molar-refractivity contribution < 1.29 is 9.53 Å². The van der Waals surface area contributed by atoms with E-state index in [1.165, 1.54) is 7.11 Å². The lowest BCUT2D eigenvalue weighted by Crippen LogP contribution is -2.21. The van der Waals surface area contributed by atoms with Crippen molar-refractivity contribution in [1.82, 2.24) is 15.0 Å². The number of esters is 1. The van der Waals surface area contributed by atoms with Crippen LogP contribution in [-0.2, 0) is 11.3 Å². The second kappa shape index (κ2) is 6.50. The van der Waals surface area contributed by atoms with Crippen LogP contribution in [0.2, 0.25) is 5.02 Å². The third kappa shape index (κ3) is 3.42. The van der Waals surface area contributed by atoms with Crippen LogP contribution in [0.1, 0.15) is 40.6 Å². The van der Waals surface area contributed by atoms with Gasteiger partial charge in [0.15, 0.2) is 11.5 Å². The first kappa shape index (κ1) is 15.7. The predicted octanol–water partition coefficient (Wildman–Crippen LogP) is 2.83. The molecule has 0 spiro atoms. The van der Waals surface area contributed by atoms with Gasteiger partial charge in [-0.05, 0) is 24.5 Å². The SMILES string of the molecule is COC(=O)c1nc(C2CC2)nc(N(C)Cc2cccnc2)c1Cl. The summed E-state index contributed by atoms with van der Waals surface area (Å²) in [6.45, 7) is 0.579. The highest BCUT2D eigenvalue weighted by Gasteiger charge is 2.30. The molecule has 0 aliphatic heterocycles. The number of ether oxygens (including phenoxy) is 1. The molecule has 0 atom stereocenters. The first-order valence-electron chi connectivity index (χ1n) is 7.36. The Morgan fingerprint density at radius 2 is 2.22 bits per heavy atom. The second-order valence-corrected chi connectivity index (χ2v) is 5.93. The molecule has 7 heteroatoms. The van der Waals surface area contributed by atoms with E-state index >= 15 is 0 Å². The van der Waals surface area contributed by atoms with E-state index < -0.39 is 5.97 Å². The molecule has 0 unspecified atom stereocenters. The maximum absolute atomic E-state index is 11.9. The fraction of sp³-hybridized carbons (Fsp3) is 0.375. The number of pyridine rings is 1. The van der Waals surface area contributed by atoms with Crippen molar-refractivity contribution >= 4 is 23.4 Å². The van der Waals surface area contributed by atoms with Gasteiger partial charge >= 0.3 is 5.97 Å². The van der Waals surface area contributed by atoms with Gasteiger partial charge in [-0.1, -0.05) is 17.7 Å². The molecule has 0 saturated heterocycles. The van der Waals surface area contributed by atoms with Gasteiger partial charge < -0.3 is 9.64 Å². The maximum Gasteiger partial charge on any atom is 0.358 e. The lowest BCUT2D eigenvalue weighted by molar-refractivity contribution is 0.0593. The summed E-state index contributed by atoms with van der Waals surface area (Å²) in [7, 11) is 3.19. The van der Waals surface area contributed by atoms with Crippen LogP contribution in [0.25, 0.3) is 0 Å². The molecule has 0 radical (unpaired) electrons. The number of anilines is 1. The Morgan fingerprint density at radius 3 is 2.83 bits per heavy atom. The summed E-state index contributed by atoms with van der Waals surface area (Å²) in [5.41, 5.74) is 1.15. The predicted molar refractivity (Wildman–Crippen MR) is 86.7 cm³/mol. The number of aromatic nitrogens is 3. The van der Waals surface area contributed by atoms with Gasteiger partial charge in [-0.3, -0.25) is 4.98 Å². The van der Waals surface area contributed by atoms with Crippen LogP contribution in [0.4, 0.5) is 5.82 Å². The largest absolute Gasteiger partial charge is 0.464 e. The minimum atomic E-state index is -0.546. The van der Waals surface area contributed by atoms with Gasteiger partial charge in [0.25, 0.3) is 0 Å². The molecule has 1 aliphatic carbocycles. The minimum Gasteiger partial charge on any atom is -0.464 e. The number of halogens is 1. The number of hydrogen-bond acceptors (Lipinski definition) is 6. The van der Waals surface area contributed by atoms with Crippen molar-refractivity contribution in [2.24, 2.45) is 0 Å². The van der Waals surface area contributed by atoms with E-state index in [2.05, 4.69) is 15.0 Å². The van der Waals surface area contributed by atoms with Crippen LogP contribution >= 0.6 is 11.6 Å². The standard InChI is InChI=1S/C16H17ClN4O2/c1-21(9-10-4-3-7-18-8-10)15-12(17)13(16(22)23-2)19-14(20-15)11-5-6-11/h3-4,7-8,11H,5-6,9H2,1-2H3. The average molecular weight is 333 g/mol. The molecule has 0 amide bonds. The summed E-state index contributed by atoms with van der Waals surface area (Å²) >= 11 is 6.36. The molecule has 120 valence electrons. The minimum absolute atomic E-state index is 0.124. The number of carbonyl (C=O) groups excluding carboxylic acids is 1. The molecular weight excluding hydrogens is 316 g/mol. The van der Waals surface area contributed by atoms with Crippen LogP contribution in [0.5, 0.6) is 0 Å². The van der Waals surface area contributed by atoms with E-state index in [0.717, 1.165) is 18.4 Å². The molecule has 2 aromatic rings. The van der Waals surface area contributed by atoms with Gasteiger partial charge in [0.05, 0.1) is 7.11 Å². The van der Waals surface area contributed by atoms with Crippen LogP contribution in [0, 0.1) is 0 Å². The van der Waals surface area contributed by atoms with Gasteiger partial charge in [0.1, 0.15) is 10.8 Å². The quantitative estimate of drug-likeness (QED) is 0.784. The van der Waals surface area contributed by atoms with E-state index in [0.29, 0.717) is 24.1 Å². The van der Waals surface area contributed by atoms with Crippen LogP contribution < -0.4 is 4.90 Å². The van der Waals surface area contributed by atoms with E-state index in [1.54, 1.807) is 12.4 Å². The van der Waals surface area contributed by atoms with E-state index in [-0.39, 0.29) is 10.7 Å². The molecular formula is C16H17ClN4O2. The van der Waals surface area contributed by atoms with E-state index in [9.17, 15) is 4.79 Å². The summed E-state index contributed by atoms with van der Waals surface area (Å²) in [6.07, 6.45) is 5.58. The van der Waals surface area contributed by atoms with Gasteiger partial charge in [0.2, 0.25) is 0 Å².